The SMILES string of the molecule is CCOc1cc(OC[C@H]2CCCCN2)nc(SC)n1. The van der Waals surface area contributed by atoms with Crippen molar-refractivity contribution in [2.24, 2.45) is 0 Å². The quantitative estimate of drug-likeness (QED) is 0.637. The van der Waals surface area contributed by atoms with Crippen LogP contribution in [-0.4, -0.2) is 42.0 Å². The number of rotatable bonds is 6. The zero-order valence-electron chi connectivity index (χ0n) is 11.5. The first-order valence-electron chi connectivity index (χ1n) is 6.74. The van der Waals surface area contributed by atoms with Crippen LogP contribution in [0, 0.1) is 0 Å². The number of hydrogen-bond acceptors (Lipinski definition) is 6. The van der Waals surface area contributed by atoms with E-state index in [1.54, 1.807) is 6.07 Å². The average molecular weight is 283 g/mol. The molecule has 0 aromatic carbocycles. The van der Waals surface area contributed by atoms with E-state index in [1.807, 2.05) is 13.2 Å². The van der Waals surface area contributed by atoms with E-state index in [0.29, 0.717) is 36.2 Å². The zero-order valence-corrected chi connectivity index (χ0v) is 12.3. The maximum atomic E-state index is 5.77. The highest BCUT2D eigenvalue weighted by atomic mass is 32.2. The summed E-state index contributed by atoms with van der Waals surface area (Å²) in [5.41, 5.74) is 0. The second-order valence-electron chi connectivity index (χ2n) is 4.42. The van der Waals surface area contributed by atoms with Gasteiger partial charge in [-0.1, -0.05) is 18.2 Å². The van der Waals surface area contributed by atoms with Gasteiger partial charge in [0, 0.05) is 6.04 Å². The number of piperidine rings is 1. The summed E-state index contributed by atoms with van der Waals surface area (Å²) >= 11 is 1.49. The van der Waals surface area contributed by atoms with Gasteiger partial charge in [-0.05, 0) is 32.6 Å². The smallest absolute Gasteiger partial charge is 0.221 e. The van der Waals surface area contributed by atoms with Crippen LogP contribution in [0.5, 0.6) is 11.8 Å². The highest BCUT2D eigenvalue weighted by Crippen LogP contribution is 2.21. The Bertz CT molecular complexity index is 397. The van der Waals surface area contributed by atoms with Crippen LogP contribution >= 0.6 is 11.8 Å². The fourth-order valence-electron chi connectivity index (χ4n) is 2.02. The average Bonchev–Trinajstić information content (AvgIpc) is 2.46. The Morgan fingerprint density at radius 3 is 2.74 bits per heavy atom. The van der Waals surface area contributed by atoms with Crippen LogP contribution in [0.3, 0.4) is 0 Å². The van der Waals surface area contributed by atoms with Crippen molar-refractivity contribution in [1.29, 1.82) is 0 Å². The lowest BCUT2D eigenvalue weighted by Crippen LogP contribution is -2.38. The minimum atomic E-state index is 0.428. The van der Waals surface area contributed by atoms with Crippen LogP contribution in [0.15, 0.2) is 11.2 Å². The van der Waals surface area contributed by atoms with Gasteiger partial charge in [-0.15, -0.1) is 0 Å². The minimum absolute atomic E-state index is 0.428. The molecule has 1 aromatic heterocycles. The van der Waals surface area contributed by atoms with Crippen molar-refractivity contribution in [3.63, 3.8) is 0 Å². The molecule has 2 rings (SSSR count). The standard InChI is InChI=1S/C13H21N3O2S/c1-3-17-11-8-12(16-13(15-11)19-2)18-9-10-6-4-5-7-14-10/h8,10,14H,3-7,9H2,1-2H3/t10-/m1/s1. The second-order valence-corrected chi connectivity index (χ2v) is 5.20. The van der Waals surface area contributed by atoms with Crippen LogP contribution in [0.1, 0.15) is 26.2 Å². The Kier molecular flexibility index (Phi) is 5.72. The normalized spacial score (nSPS) is 19.2. The summed E-state index contributed by atoms with van der Waals surface area (Å²) in [5, 5.41) is 4.13. The van der Waals surface area contributed by atoms with Crippen LogP contribution in [0.4, 0.5) is 0 Å². The van der Waals surface area contributed by atoms with Crippen molar-refractivity contribution >= 4 is 11.8 Å². The molecule has 1 aliphatic heterocycles. The number of nitrogens with zero attached hydrogens (tertiary/aromatic N) is 2. The molecule has 106 valence electrons. The van der Waals surface area contributed by atoms with Crippen molar-refractivity contribution in [2.75, 3.05) is 26.0 Å². The van der Waals surface area contributed by atoms with E-state index < -0.39 is 0 Å². The summed E-state index contributed by atoms with van der Waals surface area (Å²) in [5.74, 6) is 1.17. The molecule has 0 unspecified atom stereocenters. The zero-order chi connectivity index (χ0) is 13.5. The van der Waals surface area contributed by atoms with Gasteiger partial charge in [0.05, 0.1) is 12.7 Å². The third kappa shape index (κ3) is 4.54. The van der Waals surface area contributed by atoms with E-state index in [0.717, 1.165) is 6.54 Å². The molecule has 0 aliphatic carbocycles. The van der Waals surface area contributed by atoms with Crippen LogP contribution in [-0.2, 0) is 0 Å². The molecular weight excluding hydrogens is 262 g/mol. The van der Waals surface area contributed by atoms with Gasteiger partial charge in [-0.3, -0.25) is 0 Å². The first kappa shape index (κ1) is 14.4. The molecule has 1 aliphatic rings. The van der Waals surface area contributed by atoms with Crippen molar-refractivity contribution in [2.45, 2.75) is 37.4 Å². The third-order valence-electron chi connectivity index (χ3n) is 2.98. The molecule has 5 nitrogen and oxygen atoms in total. The van der Waals surface area contributed by atoms with Crippen LogP contribution in [0.2, 0.25) is 0 Å². The Morgan fingerprint density at radius 2 is 2.11 bits per heavy atom. The molecule has 1 N–H and O–H groups in total. The summed E-state index contributed by atoms with van der Waals surface area (Å²) in [6, 6.07) is 2.18. The van der Waals surface area contributed by atoms with Gasteiger partial charge in [0.1, 0.15) is 6.61 Å². The molecular formula is C13H21N3O2S. The van der Waals surface area contributed by atoms with Crippen molar-refractivity contribution in [1.82, 2.24) is 15.3 Å². The van der Waals surface area contributed by atoms with Gasteiger partial charge in [0.2, 0.25) is 11.8 Å². The molecule has 0 saturated carbocycles. The summed E-state index contributed by atoms with van der Waals surface area (Å²) in [6.45, 7) is 4.26. The second kappa shape index (κ2) is 7.55. The van der Waals surface area contributed by atoms with E-state index >= 15 is 0 Å². The molecule has 0 spiro atoms. The summed E-state index contributed by atoms with van der Waals surface area (Å²) in [7, 11) is 0. The van der Waals surface area contributed by atoms with Crippen LogP contribution < -0.4 is 14.8 Å². The summed E-state index contributed by atoms with van der Waals surface area (Å²) in [6.07, 6.45) is 5.64. The highest BCUT2D eigenvalue weighted by Gasteiger charge is 2.14. The van der Waals surface area contributed by atoms with E-state index in [1.165, 1.54) is 31.0 Å². The van der Waals surface area contributed by atoms with Gasteiger partial charge in [0.15, 0.2) is 5.16 Å². The number of nitrogens with one attached hydrogen (secondary N) is 1. The third-order valence-corrected chi connectivity index (χ3v) is 3.53. The number of hydrogen-bond donors (Lipinski definition) is 1. The Labute approximate surface area is 118 Å². The fraction of sp³-hybridized carbons (Fsp3) is 0.692. The predicted molar refractivity (Wildman–Crippen MR) is 76.1 cm³/mol. The number of aromatic nitrogens is 2. The fourth-order valence-corrected chi connectivity index (χ4v) is 2.39. The van der Waals surface area contributed by atoms with Crippen molar-refractivity contribution in [3.05, 3.63) is 6.07 Å². The highest BCUT2D eigenvalue weighted by molar-refractivity contribution is 7.98. The molecule has 0 bridgehead atoms. The molecule has 2 heterocycles. The Morgan fingerprint density at radius 1 is 1.32 bits per heavy atom. The van der Waals surface area contributed by atoms with Crippen molar-refractivity contribution < 1.29 is 9.47 Å². The van der Waals surface area contributed by atoms with Gasteiger partial charge in [0.25, 0.3) is 0 Å². The van der Waals surface area contributed by atoms with E-state index in [4.69, 9.17) is 9.47 Å². The molecule has 1 saturated heterocycles. The lowest BCUT2D eigenvalue weighted by atomic mass is 10.1. The summed E-state index contributed by atoms with van der Waals surface area (Å²) < 4.78 is 11.2. The molecule has 0 amide bonds. The number of ether oxygens (including phenoxy) is 2. The lowest BCUT2D eigenvalue weighted by Gasteiger charge is -2.23. The largest absolute Gasteiger partial charge is 0.478 e. The maximum absolute atomic E-state index is 5.77. The predicted octanol–water partition coefficient (Wildman–Crippen LogP) is 2.12. The molecule has 19 heavy (non-hydrogen) atoms. The monoisotopic (exact) mass is 283 g/mol. The van der Waals surface area contributed by atoms with Gasteiger partial charge < -0.3 is 14.8 Å². The van der Waals surface area contributed by atoms with Gasteiger partial charge in [-0.2, -0.15) is 9.97 Å². The van der Waals surface area contributed by atoms with E-state index in [-0.39, 0.29) is 0 Å². The Hall–Kier alpha value is -1.01. The first-order chi connectivity index (χ1) is 9.31. The molecule has 1 fully saturated rings. The van der Waals surface area contributed by atoms with Gasteiger partial charge in [-0.25, -0.2) is 0 Å². The topological polar surface area (TPSA) is 56.3 Å². The molecule has 0 radical (unpaired) electrons. The summed E-state index contributed by atoms with van der Waals surface area (Å²) in [4.78, 5) is 8.61. The Balaban J connectivity index is 1.95. The van der Waals surface area contributed by atoms with Crippen LogP contribution in [0.25, 0.3) is 0 Å². The minimum Gasteiger partial charge on any atom is -0.478 e. The van der Waals surface area contributed by atoms with E-state index in [9.17, 15) is 0 Å². The molecule has 1 atom stereocenters. The van der Waals surface area contributed by atoms with Crippen molar-refractivity contribution in [3.8, 4) is 11.8 Å². The molecule has 6 heteroatoms. The number of thioether (sulfide) groups is 1. The molecule has 1 aromatic rings. The first-order valence-corrected chi connectivity index (χ1v) is 7.96. The van der Waals surface area contributed by atoms with E-state index in [2.05, 4.69) is 15.3 Å². The lowest BCUT2D eigenvalue weighted by molar-refractivity contribution is 0.227. The maximum Gasteiger partial charge on any atom is 0.221 e. The van der Waals surface area contributed by atoms with Gasteiger partial charge >= 0.3 is 0 Å².